The molecule has 0 spiro atoms. The van der Waals surface area contributed by atoms with Crippen molar-refractivity contribution in [2.75, 3.05) is 7.05 Å². The van der Waals surface area contributed by atoms with Crippen molar-refractivity contribution in [1.82, 2.24) is 5.32 Å². The van der Waals surface area contributed by atoms with Gasteiger partial charge in [-0.3, -0.25) is 4.79 Å². The molecular formula is C11H13NOS. The van der Waals surface area contributed by atoms with Gasteiger partial charge < -0.3 is 5.32 Å². The van der Waals surface area contributed by atoms with E-state index in [0.717, 1.165) is 9.80 Å². The maximum absolute atomic E-state index is 11.5. The standard InChI is InChI=1S/C11H13NOS/c1-8(2)14-10-7-5-4-6-9(10)11(13)12-3/h4-7H,1H2,2-3H3,(H,12,13). The zero-order valence-electron chi connectivity index (χ0n) is 8.33. The van der Waals surface area contributed by atoms with E-state index in [-0.39, 0.29) is 5.91 Å². The van der Waals surface area contributed by atoms with Crippen LogP contribution in [0.15, 0.2) is 40.6 Å². The van der Waals surface area contributed by atoms with E-state index in [4.69, 9.17) is 0 Å². The molecule has 2 nitrogen and oxygen atoms in total. The third-order valence-electron chi connectivity index (χ3n) is 1.64. The lowest BCUT2D eigenvalue weighted by Crippen LogP contribution is -2.18. The fraction of sp³-hybridized carbons (Fsp3) is 0.182. The molecule has 0 aliphatic carbocycles. The highest BCUT2D eigenvalue weighted by Crippen LogP contribution is 2.27. The molecule has 14 heavy (non-hydrogen) atoms. The molecule has 0 bridgehead atoms. The van der Waals surface area contributed by atoms with E-state index in [2.05, 4.69) is 11.9 Å². The predicted octanol–water partition coefficient (Wildman–Crippen LogP) is 2.67. The van der Waals surface area contributed by atoms with E-state index >= 15 is 0 Å². The molecule has 0 heterocycles. The summed E-state index contributed by atoms with van der Waals surface area (Å²) < 4.78 is 0. The summed E-state index contributed by atoms with van der Waals surface area (Å²) in [5, 5.41) is 2.61. The van der Waals surface area contributed by atoms with Crippen LogP contribution in [0.4, 0.5) is 0 Å². The van der Waals surface area contributed by atoms with Crippen molar-refractivity contribution in [1.29, 1.82) is 0 Å². The molecule has 1 aromatic carbocycles. The van der Waals surface area contributed by atoms with Crippen molar-refractivity contribution >= 4 is 17.7 Å². The van der Waals surface area contributed by atoms with E-state index in [9.17, 15) is 4.79 Å². The van der Waals surface area contributed by atoms with Gasteiger partial charge in [0.1, 0.15) is 0 Å². The average molecular weight is 207 g/mol. The van der Waals surface area contributed by atoms with Gasteiger partial charge in [-0.25, -0.2) is 0 Å². The Morgan fingerprint density at radius 2 is 2.07 bits per heavy atom. The molecule has 0 unspecified atom stereocenters. The number of thioether (sulfide) groups is 1. The van der Waals surface area contributed by atoms with Crippen molar-refractivity contribution in [2.24, 2.45) is 0 Å². The second-order valence-corrected chi connectivity index (χ2v) is 4.22. The Morgan fingerprint density at radius 1 is 1.43 bits per heavy atom. The lowest BCUT2D eigenvalue weighted by molar-refractivity contribution is 0.0960. The van der Waals surface area contributed by atoms with E-state index in [1.807, 2.05) is 31.2 Å². The Balaban J connectivity index is 3.02. The Labute approximate surface area is 88.4 Å². The van der Waals surface area contributed by atoms with Gasteiger partial charge in [-0.1, -0.05) is 30.5 Å². The van der Waals surface area contributed by atoms with Gasteiger partial charge in [-0.15, -0.1) is 0 Å². The van der Waals surface area contributed by atoms with Crippen molar-refractivity contribution in [3.8, 4) is 0 Å². The molecule has 1 N–H and O–H groups in total. The number of rotatable bonds is 3. The first-order valence-electron chi connectivity index (χ1n) is 4.29. The Morgan fingerprint density at radius 3 is 2.64 bits per heavy atom. The van der Waals surface area contributed by atoms with Gasteiger partial charge >= 0.3 is 0 Å². The van der Waals surface area contributed by atoms with Crippen LogP contribution in [0.2, 0.25) is 0 Å². The first-order valence-corrected chi connectivity index (χ1v) is 5.11. The molecular weight excluding hydrogens is 194 g/mol. The van der Waals surface area contributed by atoms with Crippen LogP contribution in [0, 0.1) is 0 Å². The molecule has 0 saturated heterocycles. The van der Waals surface area contributed by atoms with Gasteiger partial charge in [0.2, 0.25) is 0 Å². The van der Waals surface area contributed by atoms with Crippen LogP contribution in [0.5, 0.6) is 0 Å². The highest BCUT2D eigenvalue weighted by molar-refractivity contribution is 8.03. The minimum Gasteiger partial charge on any atom is -0.355 e. The Bertz CT molecular complexity index is 360. The van der Waals surface area contributed by atoms with Gasteiger partial charge in [0, 0.05) is 11.9 Å². The van der Waals surface area contributed by atoms with Gasteiger partial charge in [0.25, 0.3) is 5.91 Å². The molecule has 0 saturated carbocycles. The number of nitrogens with one attached hydrogen (secondary N) is 1. The number of benzene rings is 1. The zero-order chi connectivity index (χ0) is 10.6. The minimum atomic E-state index is -0.0608. The number of allylic oxidation sites excluding steroid dienone is 1. The summed E-state index contributed by atoms with van der Waals surface area (Å²) in [7, 11) is 1.63. The maximum Gasteiger partial charge on any atom is 0.252 e. The molecule has 0 fully saturated rings. The zero-order valence-corrected chi connectivity index (χ0v) is 9.15. The van der Waals surface area contributed by atoms with Crippen LogP contribution in [0.3, 0.4) is 0 Å². The summed E-state index contributed by atoms with van der Waals surface area (Å²) in [6, 6.07) is 7.50. The van der Waals surface area contributed by atoms with Crippen LogP contribution in [0.25, 0.3) is 0 Å². The number of carbonyl (C=O) groups is 1. The van der Waals surface area contributed by atoms with E-state index in [1.54, 1.807) is 7.05 Å². The van der Waals surface area contributed by atoms with Crippen LogP contribution in [0.1, 0.15) is 17.3 Å². The molecule has 1 amide bonds. The molecule has 0 atom stereocenters. The van der Waals surface area contributed by atoms with Crippen LogP contribution in [-0.2, 0) is 0 Å². The fourth-order valence-electron chi connectivity index (χ4n) is 1.07. The van der Waals surface area contributed by atoms with Gasteiger partial charge in [-0.05, 0) is 24.0 Å². The van der Waals surface area contributed by atoms with Crippen LogP contribution >= 0.6 is 11.8 Å². The van der Waals surface area contributed by atoms with Crippen molar-refractivity contribution < 1.29 is 4.79 Å². The quantitative estimate of drug-likeness (QED) is 0.772. The lowest BCUT2D eigenvalue weighted by Gasteiger charge is -2.06. The number of carbonyl (C=O) groups excluding carboxylic acids is 1. The molecule has 1 aromatic rings. The second-order valence-electron chi connectivity index (χ2n) is 2.88. The number of hydrogen-bond acceptors (Lipinski definition) is 2. The van der Waals surface area contributed by atoms with Crippen LogP contribution in [-0.4, -0.2) is 13.0 Å². The lowest BCUT2D eigenvalue weighted by atomic mass is 10.2. The van der Waals surface area contributed by atoms with Gasteiger partial charge in [0.05, 0.1) is 5.56 Å². The SMILES string of the molecule is C=C(C)Sc1ccccc1C(=O)NC. The normalized spacial score (nSPS) is 9.57. The number of amides is 1. The molecule has 0 aromatic heterocycles. The van der Waals surface area contributed by atoms with Crippen molar-refractivity contribution in [2.45, 2.75) is 11.8 Å². The summed E-state index contributed by atoms with van der Waals surface area (Å²) >= 11 is 1.51. The molecule has 0 radical (unpaired) electrons. The third kappa shape index (κ3) is 2.64. The minimum absolute atomic E-state index is 0.0608. The van der Waals surface area contributed by atoms with E-state index < -0.39 is 0 Å². The highest BCUT2D eigenvalue weighted by atomic mass is 32.2. The first kappa shape index (κ1) is 10.9. The monoisotopic (exact) mass is 207 g/mol. The summed E-state index contributed by atoms with van der Waals surface area (Å²) in [6.07, 6.45) is 0. The first-order chi connectivity index (χ1) is 6.65. The largest absolute Gasteiger partial charge is 0.355 e. The predicted molar refractivity (Wildman–Crippen MR) is 60.5 cm³/mol. The van der Waals surface area contributed by atoms with E-state index in [1.165, 1.54) is 11.8 Å². The topological polar surface area (TPSA) is 29.1 Å². The summed E-state index contributed by atoms with van der Waals surface area (Å²) in [5.41, 5.74) is 0.697. The van der Waals surface area contributed by atoms with E-state index in [0.29, 0.717) is 5.56 Å². The average Bonchev–Trinajstić information content (AvgIpc) is 2.16. The molecule has 1 rings (SSSR count). The fourth-order valence-corrected chi connectivity index (χ4v) is 1.86. The third-order valence-corrected chi connectivity index (χ3v) is 2.57. The second kappa shape index (κ2) is 4.86. The Hall–Kier alpha value is -1.22. The van der Waals surface area contributed by atoms with Crippen molar-refractivity contribution in [3.63, 3.8) is 0 Å². The van der Waals surface area contributed by atoms with Crippen molar-refractivity contribution in [3.05, 3.63) is 41.3 Å². The molecule has 74 valence electrons. The Kier molecular flexibility index (Phi) is 3.77. The molecule has 0 aliphatic heterocycles. The van der Waals surface area contributed by atoms with Gasteiger partial charge in [-0.2, -0.15) is 0 Å². The maximum atomic E-state index is 11.5. The summed E-state index contributed by atoms with van der Waals surface area (Å²) in [6.45, 7) is 5.73. The van der Waals surface area contributed by atoms with Crippen LogP contribution < -0.4 is 5.32 Å². The smallest absolute Gasteiger partial charge is 0.252 e. The molecule has 3 heteroatoms. The highest BCUT2D eigenvalue weighted by Gasteiger charge is 2.08. The van der Waals surface area contributed by atoms with Gasteiger partial charge in [0.15, 0.2) is 0 Å². The molecule has 0 aliphatic rings. The number of hydrogen-bond donors (Lipinski definition) is 1. The summed E-state index contributed by atoms with van der Waals surface area (Å²) in [4.78, 5) is 13.4. The summed E-state index contributed by atoms with van der Waals surface area (Å²) in [5.74, 6) is -0.0608.